The number of aromatic amines is 1. The van der Waals surface area contributed by atoms with Crippen LogP contribution in [-0.4, -0.2) is 34.7 Å². The Labute approximate surface area is 177 Å². The highest BCUT2D eigenvalue weighted by Gasteiger charge is 2.10. The summed E-state index contributed by atoms with van der Waals surface area (Å²) >= 11 is 5.90. The van der Waals surface area contributed by atoms with Crippen molar-refractivity contribution >= 4 is 28.5 Å². The predicted octanol–water partition coefficient (Wildman–Crippen LogP) is 3.92. The first-order valence-electron chi connectivity index (χ1n) is 9.41. The number of hydrogen-bond acceptors (Lipinski definition) is 4. The molecule has 2 aromatic carbocycles. The van der Waals surface area contributed by atoms with Crippen LogP contribution in [0.4, 0.5) is 4.39 Å². The molecule has 0 unspecified atom stereocenters. The second-order valence-corrected chi connectivity index (χ2v) is 7.06. The van der Waals surface area contributed by atoms with Crippen LogP contribution in [0.3, 0.4) is 0 Å². The average molecular weight is 427 g/mol. The molecule has 0 fully saturated rings. The summed E-state index contributed by atoms with van der Waals surface area (Å²) in [5.74, 6) is 1.30. The maximum atomic E-state index is 13.5. The van der Waals surface area contributed by atoms with E-state index in [1.54, 1.807) is 31.3 Å². The molecule has 154 valence electrons. The van der Waals surface area contributed by atoms with Gasteiger partial charge in [0.1, 0.15) is 5.82 Å². The van der Waals surface area contributed by atoms with Crippen molar-refractivity contribution in [3.63, 3.8) is 0 Å². The highest BCUT2D eigenvalue weighted by Crippen LogP contribution is 2.20. The molecule has 2 heterocycles. The van der Waals surface area contributed by atoms with E-state index in [9.17, 15) is 4.39 Å². The van der Waals surface area contributed by atoms with E-state index in [0.717, 1.165) is 22.0 Å². The lowest BCUT2D eigenvalue weighted by Gasteiger charge is -2.10. The van der Waals surface area contributed by atoms with Crippen molar-refractivity contribution in [2.24, 2.45) is 4.99 Å². The van der Waals surface area contributed by atoms with Crippen LogP contribution in [0.1, 0.15) is 11.5 Å². The van der Waals surface area contributed by atoms with Gasteiger partial charge >= 0.3 is 0 Å². The van der Waals surface area contributed by atoms with Crippen LogP contribution >= 0.6 is 11.6 Å². The summed E-state index contributed by atoms with van der Waals surface area (Å²) in [6.07, 6.45) is 2.62. The quantitative estimate of drug-likeness (QED) is 0.321. The number of benzene rings is 2. The molecule has 0 saturated carbocycles. The number of hydrogen-bond donors (Lipinski definition) is 3. The van der Waals surface area contributed by atoms with Gasteiger partial charge in [-0.1, -0.05) is 16.8 Å². The van der Waals surface area contributed by atoms with Crippen molar-refractivity contribution in [1.82, 2.24) is 25.8 Å². The van der Waals surface area contributed by atoms with Crippen molar-refractivity contribution < 1.29 is 8.91 Å². The Balaban J connectivity index is 1.30. The topological polar surface area (TPSA) is 91.1 Å². The summed E-state index contributed by atoms with van der Waals surface area (Å²) in [6.45, 7) is 0.960. The Morgan fingerprint density at radius 1 is 1.20 bits per heavy atom. The van der Waals surface area contributed by atoms with Crippen LogP contribution in [0.5, 0.6) is 0 Å². The number of nitrogens with one attached hydrogen (secondary N) is 3. The van der Waals surface area contributed by atoms with Crippen LogP contribution in [0.25, 0.3) is 22.3 Å². The average Bonchev–Trinajstić information content (AvgIpc) is 3.38. The summed E-state index contributed by atoms with van der Waals surface area (Å²) in [4.78, 5) is 11.7. The number of aliphatic imine (C=N–C) groups is 1. The lowest BCUT2D eigenvalue weighted by Crippen LogP contribution is -2.37. The molecular weight excluding hydrogens is 407 g/mol. The maximum absolute atomic E-state index is 13.5. The zero-order valence-electron chi connectivity index (χ0n) is 16.2. The molecule has 4 aromatic rings. The van der Waals surface area contributed by atoms with E-state index in [-0.39, 0.29) is 5.82 Å². The standard InChI is InChI=1S/C21H20ClFN6O/c1-24-21(25-9-8-14-11-26-18-7-6-16(23)10-17(14)18)27-12-19-28-20(29-30-19)13-2-4-15(22)5-3-13/h2-7,10-11,26H,8-9,12H2,1H3,(H2,24,25,27). The van der Waals surface area contributed by atoms with Crippen LogP contribution in [-0.2, 0) is 13.0 Å². The first-order valence-corrected chi connectivity index (χ1v) is 9.79. The van der Waals surface area contributed by atoms with Gasteiger partial charge in [-0.15, -0.1) is 0 Å². The predicted molar refractivity (Wildman–Crippen MR) is 115 cm³/mol. The first-order chi connectivity index (χ1) is 14.6. The lowest BCUT2D eigenvalue weighted by atomic mass is 10.1. The van der Waals surface area contributed by atoms with Gasteiger partial charge in [-0.3, -0.25) is 4.99 Å². The Hall–Kier alpha value is -3.39. The minimum Gasteiger partial charge on any atom is -0.361 e. The summed E-state index contributed by atoms with van der Waals surface area (Å²) in [5, 5.41) is 11.9. The van der Waals surface area contributed by atoms with Gasteiger partial charge in [-0.25, -0.2) is 4.39 Å². The molecule has 0 spiro atoms. The maximum Gasteiger partial charge on any atom is 0.246 e. The van der Waals surface area contributed by atoms with Crippen molar-refractivity contribution in [2.75, 3.05) is 13.6 Å². The fraction of sp³-hybridized carbons (Fsp3) is 0.190. The Kier molecular flexibility index (Phi) is 5.94. The third-order valence-electron chi connectivity index (χ3n) is 4.62. The third kappa shape index (κ3) is 4.60. The molecule has 0 aliphatic rings. The number of fused-ring (bicyclic) bond motifs is 1. The fourth-order valence-electron chi connectivity index (χ4n) is 3.10. The molecule has 0 radical (unpaired) electrons. The molecular formula is C21H20ClFN6O. The van der Waals surface area contributed by atoms with Crippen molar-refractivity contribution in [3.8, 4) is 11.4 Å². The Morgan fingerprint density at radius 2 is 2.03 bits per heavy atom. The van der Waals surface area contributed by atoms with Gasteiger partial charge in [0.05, 0.1) is 6.54 Å². The smallest absolute Gasteiger partial charge is 0.246 e. The van der Waals surface area contributed by atoms with Crippen LogP contribution in [0.15, 0.2) is 58.2 Å². The number of H-pyrrole nitrogens is 1. The minimum atomic E-state index is -0.244. The van der Waals surface area contributed by atoms with Gasteiger partial charge < -0.3 is 20.1 Å². The third-order valence-corrected chi connectivity index (χ3v) is 4.87. The van der Waals surface area contributed by atoms with Crippen LogP contribution in [0.2, 0.25) is 5.02 Å². The van der Waals surface area contributed by atoms with Gasteiger partial charge in [-0.2, -0.15) is 4.98 Å². The Morgan fingerprint density at radius 3 is 2.83 bits per heavy atom. The molecule has 3 N–H and O–H groups in total. The SMILES string of the molecule is CN=C(NCCc1c[nH]c2ccc(F)cc12)NCc1nc(-c2ccc(Cl)cc2)no1. The van der Waals surface area contributed by atoms with E-state index in [2.05, 4.69) is 30.8 Å². The number of rotatable bonds is 6. The number of guanidine groups is 1. The second-order valence-electron chi connectivity index (χ2n) is 6.62. The molecule has 0 atom stereocenters. The summed E-state index contributed by atoms with van der Waals surface area (Å²) in [5.41, 5.74) is 2.78. The summed E-state index contributed by atoms with van der Waals surface area (Å²) in [6, 6.07) is 12.0. The highest BCUT2D eigenvalue weighted by molar-refractivity contribution is 6.30. The second kappa shape index (κ2) is 8.96. The zero-order valence-corrected chi connectivity index (χ0v) is 17.0. The fourth-order valence-corrected chi connectivity index (χ4v) is 3.22. The molecule has 0 amide bonds. The van der Waals surface area contributed by atoms with Crippen molar-refractivity contribution in [2.45, 2.75) is 13.0 Å². The molecule has 0 aliphatic heterocycles. The lowest BCUT2D eigenvalue weighted by molar-refractivity contribution is 0.375. The van der Waals surface area contributed by atoms with Crippen LogP contribution < -0.4 is 10.6 Å². The minimum absolute atomic E-state index is 0.244. The molecule has 9 heteroatoms. The summed E-state index contributed by atoms with van der Waals surface area (Å²) in [7, 11) is 1.68. The monoisotopic (exact) mass is 426 g/mol. The van der Waals surface area contributed by atoms with Gasteiger partial charge in [0.15, 0.2) is 5.96 Å². The molecule has 7 nitrogen and oxygen atoms in total. The van der Waals surface area contributed by atoms with E-state index in [1.807, 2.05) is 18.3 Å². The molecule has 4 rings (SSSR count). The van der Waals surface area contributed by atoms with Gasteiger partial charge in [0, 0.05) is 41.3 Å². The highest BCUT2D eigenvalue weighted by atomic mass is 35.5. The van der Waals surface area contributed by atoms with Gasteiger partial charge in [-0.05, 0) is 54.4 Å². The van der Waals surface area contributed by atoms with E-state index in [1.165, 1.54) is 6.07 Å². The molecule has 0 aliphatic carbocycles. The largest absolute Gasteiger partial charge is 0.361 e. The van der Waals surface area contributed by atoms with E-state index >= 15 is 0 Å². The first kappa shape index (κ1) is 19.9. The van der Waals surface area contributed by atoms with E-state index in [0.29, 0.717) is 42.2 Å². The molecule has 0 saturated heterocycles. The van der Waals surface area contributed by atoms with Crippen molar-refractivity contribution in [3.05, 3.63) is 71.0 Å². The van der Waals surface area contributed by atoms with Gasteiger partial charge in [0.2, 0.25) is 11.7 Å². The summed E-state index contributed by atoms with van der Waals surface area (Å²) < 4.78 is 18.8. The number of nitrogens with zero attached hydrogens (tertiary/aromatic N) is 3. The molecule has 0 bridgehead atoms. The van der Waals surface area contributed by atoms with E-state index < -0.39 is 0 Å². The van der Waals surface area contributed by atoms with Crippen molar-refractivity contribution in [1.29, 1.82) is 0 Å². The normalized spacial score (nSPS) is 11.8. The zero-order chi connectivity index (χ0) is 20.9. The number of halogens is 2. The molecule has 30 heavy (non-hydrogen) atoms. The molecule has 2 aromatic heterocycles. The van der Waals surface area contributed by atoms with Crippen LogP contribution in [0, 0.1) is 5.82 Å². The van der Waals surface area contributed by atoms with E-state index in [4.69, 9.17) is 16.1 Å². The van der Waals surface area contributed by atoms with Gasteiger partial charge in [0.25, 0.3) is 0 Å². The number of aromatic nitrogens is 3. The Bertz CT molecular complexity index is 1170.